The van der Waals surface area contributed by atoms with Crippen molar-refractivity contribution in [2.24, 2.45) is 5.92 Å². The molecule has 182 valence electrons. The number of aliphatic hydroxyl groups excluding tert-OH is 1. The zero-order valence-corrected chi connectivity index (χ0v) is 19.7. The number of anilines is 1. The molecule has 0 aliphatic carbocycles. The number of benzene rings is 2. The van der Waals surface area contributed by atoms with Gasteiger partial charge in [0.25, 0.3) is 0 Å². The summed E-state index contributed by atoms with van der Waals surface area (Å²) >= 11 is 0. The van der Waals surface area contributed by atoms with Crippen LogP contribution < -0.4 is 16.0 Å². The number of ether oxygens (including phenoxy) is 1. The monoisotopic (exact) mass is 473 g/mol. The van der Waals surface area contributed by atoms with Gasteiger partial charge in [0.05, 0.1) is 24.6 Å². The standard InChI is InChI=1S/C27H31N5O3/c33-17-18-3-1-4-20(13-18)23-15-24(25-16-29-11-12-35-25)32-26(31-23)21-5-2-6-22(14-21)30-27(34)19-7-9-28-10-8-19/h1-6,13-15,19,25,28-29,33H,7-12,16-17H2,(H,30,34). The first-order chi connectivity index (χ1) is 17.2. The Bertz CT molecular complexity index is 1170. The summed E-state index contributed by atoms with van der Waals surface area (Å²) in [7, 11) is 0. The SMILES string of the molecule is O=C(Nc1cccc(-c2nc(-c3cccc(CO)c3)cc(C3CNCCO3)n2)c1)C1CCNCC1. The fourth-order valence-corrected chi connectivity index (χ4v) is 4.56. The van der Waals surface area contributed by atoms with E-state index in [0.717, 1.165) is 66.2 Å². The molecule has 1 atom stereocenters. The number of carbonyl (C=O) groups excluding carboxylic acids is 1. The molecule has 2 fully saturated rings. The summed E-state index contributed by atoms with van der Waals surface area (Å²) in [6.45, 7) is 3.83. The molecule has 4 N–H and O–H groups in total. The summed E-state index contributed by atoms with van der Waals surface area (Å²) in [5, 5.41) is 19.3. The van der Waals surface area contributed by atoms with Gasteiger partial charge >= 0.3 is 0 Å². The van der Waals surface area contributed by atoms with Crippen LogP contribution in [0.2, 0.25) is 0 Å². The average molecular weight is 474 g/mol. The lowest BCUT2D eigenvalue weighted by atomic mass is 9.97. The van der Waals surface area contributed by atoms with Crippen LogP contribution in [0.4, 0.5) is 5.69 Å². The molecule has 8 nitrogen and oxygen atoms in total. The lowest BCUT2D eigenvalue weighted by Crippen LogP contribution is -2.34. The molecule has 0 radical (unpaired) electrons. The Balaban J connectivity index is 1.48. The second-order valence-corrected chi connectivity index (χ2v) is 9.02. The lowest BCUT2D eigenvalue weighted by molar-refractivity contribution is -0.120. The highest BCUT2D eigenvalue weighted by atomic mass is 16.5. The van der Waals surface area contributed by atoms with Crippen molar-refractivity contribution in [3.05, 3.63) is 65.9 Å². The van der Waals surface area contributed by atoms with Gasteiger partial charge in [-0.2, -0.15) is 0 Å². The van der Waals surface area contributed by atoms with Gasteiger partial charge in [-0.1, -0.05) is 30.3 Å². The Morgan fingerprint density at radius 3 is 2.63 bits per heavy atom. The lowest BCUT2D eigenvalue weighted by Gasteiger charge is -2.24. The van der Waals surface area contributed by atoms with Crippen molar-refractivity contribution in [3.8, 4) is 22.6 Å². The van der Waals surface area contributed by atoms with Gasteiger partial charge in [-0.05, 0) is 55.8 Å². The van der Waals surface area contributed by atoms with Gasteiger partial charge in [-0.25, -0.2) is 9.97 Å². The Kier molecular flexibility index (Phi) is 7.44. The highest BCUT2D eigenvalue weighted by molar-refractivity contribution is 5.93. The third kappa shape index (κ3) is 5.74. The quantitative estimate of drug-likeness (QED) is 0.436. The summed E-state index contributed by atoms with van der Waals surface area (Å²) in [5.41, 5.74) is 4.84. The van der Waals surface area contributed by atoms with Crippen molar-refractivity contribution in [1.82, 2.24) is 20.6 Å². The van der Waals surface area contributed by atoms with E-state index in [0.29, 0.717) is 19.0 Å². The van der Waals surface area contributed by atoms with Crippen molar-refractivity contribution >= 4 is 11.6 Å². The van der Waals surface area contributed by atoms with Gasteiger partial charge in [0, 0.05) is 35.8 Å². The van der Waals surface area contributed by atoms with Crippen LogP contribution in [0.5, 0.6) is 0 Å². The zero-order valence-electron chi connectivity index (χ0n) is 19.7. The fourth-order valence-electron chi connectivity index (χ4n) is 4.56. The third-order valence-corrected chi connectivity index (χ3v) is 6.51. The molecule has 2 aromatic carbocycles. The molecule has 0 saturated carbocycles. The van der Waals surface area contributed by atoms with E-state index in [4.69, 9.17) is 14.7 Å². The minimum atomic E-state index is -0.173. The minimum Gasteiger partial charge on any atom is -0.392 e. The summed E-state index contributed by atoms with van der Waals surface area (Å²) in [6.07, 6.45) is 1.53. The number of aliphatic hydroxyl groups is 1. The molecule has 1 unspecified atom stereocenters. The van der Waals surface area contributed by atoms with Crippen LogP contribution in [0, 0.1) is 5.92 Å². The van der Waals surface area contributed by atoms with Crippen LogP contribution in [0.1, 0.15) is 30.2 Å². The Labute approximate surface area is 205 Å². The van der Waals surface area contributed by atoms with Crippen LogP contribution in [-0.4, -0.2) is 53.8 Å². The number of aromatic nitrogens is 2. The number of hydrogen-bond donors (Lipinski definition) is 4. The summed E-state index contributed by atoms with van der Waals surface area (Å²) in [5.74, 6) is 0.654. The van der Waals surface area contributed by atoms with Gasteiger partial charge in [-0.3, -0.25) is 4.79 Å². The Hall–Kier alpha value is -3.17. The highest BCUT2D eigenvalue weighted by Crippen LogP contribution is 2.28. The van der Waals surface area contributed by atoms with Gasteiger partial charge < -0.3 is 25.8 Å². The van der Waals surface area contributed by atoms with Crippen molar-refractivity contribution in [1.29, 1.82) is 0 Å². The summed E-state index contributed by atoms with van der Waals surface area (Å²) in [4.78, 5) is 22.5. The van der Waals surface area contributed by atoms with E-state index < -0.39 is 0 Å². The zero-order chi connectivity index (χ0) is 24.0. The van der Waals surface area contributed by atoms with E-state index >= 15 is 0 Å². The maximum absolute atomic E-state index is 12.8. The second kappa shape index (κ2) is 11.0. The summed E-state index contributed by atoms with van der Waals surface area (Å²) < 4.78 is 5.98. The van der Waals surface area contributed by atoms with Gasteiger partial charge in [0.1, 0.15) is 6.10 Å². The van der Waals surface area contributed by atoms with Crippen molar-refractivity contribution in [3.63, 3.8) is 0 Å². The van der Waals surface area contributed by atoms with E-state index in [1.54, 1.807) is 0 Å². The number of hydrogen-bond acceptors (Lipinski definition) is 7. The molecule has 1 aromatic heterocycles. The van der Waals surface area contributed by atoms with Gasteiger partial charge in [0.2, 0.25) is 5.91 Å². The van der Waals surface area contributed by atoms with Crippen molar-refractivity contribution < 1.29 is 14.6 Å². The molecule has 2 aliphatic heterocycles. The normalized spacial score (nSPS) is 18.8. The first kappa shape index (κ1) is 23.6. The van der Waals surface area contributed by atoms with Crippen LogP contribution in [0.15, 0.2) is 54.6 Å². The first-order valence-electron chi connectivity index (χ1n) is 12.2. The number of nitrogens with zero attached hydrogens (tertiary/aromatic N) is 2. The number of nitrogens with one attached hydrogen (secondary N) is 3. The average Bonchev–Trinajstić information content (AvgIpc) is 2.94. The van der Waals surface area contributed by atoms with E-state index in [-0.39, 0.29) is 24.5 Å². The smallest absolute Gasteiger partial charge is 0.227 e. The molecule has 5 rings (SSSR count). The van der Waals surface area contributed by atoms with Crippen LogP contribution in [-0.2, 0) is 16.1 Å². The molecule has 2 aliphatic rings. The molecule has 0 spiro atoms. The molecular formula is C27H31N5O3. The maximum Gasteiger partial charge on any atom is 0.227 e. The second-order valence-electron chi connectivity index (χ2n) is 9.02. The van der Waals surface area contributed by atoms with E-state index in [2.05, 4.69) is 16.0 Å². The van der Waals surface area contributed by atoms with Crippen LogP contribution in [0.25, 0.3) is 22.6 Å². The number of carbonyl (C=O) groups is 1. The topological polar surface area (TPSA) is 108 Å². The van der Waals surface area contributed by atoms with E-state index in [1.807, 2.05) is 54.6 Å². The Morgan fingerprint density at radius 1 is 1.00 bits per heavy atom. The molecule has 8 heteroatoms. The number of piperidine rings is 1. The predicted molar refractivity (Wildman–Crippen MR) is 135 cm³/mol. The van der Waals surface area contributed by atoms with Crippen LogP contribution >= 0.6 is 0 Å². The van der Waals surface area contributed by atoms with Crippen LogP contribution in [0.3, 0.4) is 0 Å². The molecule has 1 amide bonds. The van der Waals surface area contributed by atoms with Gasteiger partial charge in [0.15, 0.2) is 5.82 Å². The Morgan fingerprint density at radius 2 is 1.83 bits per heavy atom. The van der Waals surface area contributed by atoms with Crippen molar-refractivity contribution in [2.75, 3.05) is 38.1 Å². The first-order valence-corrected chi connectivity index (χ1v) is 12.2. The van der Waals surface area contributed by atoms with E-state index in [1.165, 1.54) is 0 Å². The molecule has 3 aromatic rings. The van der Waals surface area contributed by atoms with Gasteiger partial charge in [-0.15, -0.1) is 0 Å². The highest BCUT2D eigenvalue weighted by Gasteiger charge is 2.22. The minimum absolute atomic E-state index is 0.0286. The maximum atomic E-state index is 12.8. The molecule has 3 heterocycles. The largest absolute Gasteiger partial charge is 0.392 e. The fraction of sp³-hybridized carbons (Fsp3) is 0.370. The molecule has 2 saturated heterocycles. The summed E-state index contributed by atoms with van der Waals surface area (Å²) in [6, 6.07) is 17.4. The van der Waals surface area contributed by atoms with Crippen molar-refractivity contribution in [2.45, 2.75) is 25.6 Å². The molecular weight excluding hydrogens is 442 g/mol. The number of morpholine rings is 1. The molecule has 35 heavy (non-hydrogen) atoms. The third-order valence-electron chi connectivity index (χ3n) is 6.51. The molecule has 0 bridgehead atoms. The van der Waals surface area contributed by atoms with E-state index in [9.17, 15) is 9.90 Å². The number of amides is 1. The number of rotatable bonds is 6. The predicted octanol–water partition coefficient (Wildman–Crippen LogP) is 2.90.